The molecule has 0 saturated carbocycles. The SMILES string of the molecule is CCCCOc1ccc(C(=O)OCc2ccc(C(=O)OC)cc2)cc1. The van der Waals surface area contributed by atoms with Crippen LogP contribution in [0.25, 0.3) is 0 Å². The van der Waals surface area contributed by atoms with Gasteiger partial charge in [-0.15, -0.1) is 0 Å². The fourth-order valence-corrected chi connectivity index (χ4v) is 2.11. The molecule has 0 N–H and O–H groups in total. The number of carbonyl (C=O) groups is 2. The van der Waals surface area contributed by atoms with Crippen LogP contribution < -0.4 is 4.74 Å². The van der Waals surface area contributed by atoms with E-state index in [1.807, 2.05) is 0 Å². The Bertz CT molecular complexity index is 689. The summed E-state index contributed by atoms with van der Waals surface area (Å²) >= 11 is 0. The Kier molecular flexibility index (Phi) is 7.01. The molecule has 0 spiro atoms. The Morgan fingerprint density at radius 1 is 0.880 bits per heavy atom. The van der Waals surface area contributed by atoms with E-state index in [-0.39, 0.29) is 6.61 Å². The van der Waals surface area contributed by atoms with E-state index in [4.69, 9.17) is 9.47 Å². The van der Waals surface area contributed by atoms with E-state index in [1.54, 1.807) is 48.5 Å². The molecule has 0 aliphatic carbocycles. The van der Waals surface area contributed by atoms with E-state index in [1.165, 1.54) is 7.11 Å². The quantitative estimate of drug-likeness (QED) is 0.536. The van der Waals surface area contributed by atoms with Gasteiger partial charge < -0.3 is 14.2 Å². The third-order valence-electron chi connectivity index (χ3n) is 3.60. The number of ether oxygens (including phenoxy) is 3. The van der Waals surface area contributed by atoms with Crippen molar-refractivity contribution in [3.05, 3.63) is 65.2 Å². The number of benzene rings is 2. The van der Waals surface area contributed by atoms with Crippen LogP contribution in [0, 0.1) is 0 Å². The van der Waals surface area contributed by atoms with E-state index in [0.29, 0.717) is 17.7 Å². The van der Waals surface area contributed by atoms with Gasteiger partial charge in [0.25, 0.3) is 0 Å². The van der Waals surface area contributed by atoms with Crippen LogP contribution >= 0.6 is 0 Å². The number of rotatable bonds is 8. The molecule has 5 heteroatoms. The maximum atomic E-state index is 12.1. The van der Waals surface area contributed by atoms with Crippen molar-refractivity contribution in [3.8, 4) is 5.75 Å². The Morgan fingerprint density at radius 3 is 2.08 bits per heavy atom. The van der Waals surface area contributed by atoms with Gasteiger partial charge in [0.05, 0.1) is 24.8 Å². The summed E-state index contributed by atoms with van der Waals surface area (Å²) < 4.78 is 15.5. The molecule has 0 atom stereocenters. The normalized spacial score (nSPS) is 10.2. The molecule has 0 heterocycles. The number of esters is 2. The summed E-state index contributed by atoms with van der Waals surface area (Å²) in [4.78, 5) is 23.4. The zero-order valence-corrected chi connectivity index (χ0v) is 14.5. The van der Waals surface area contributed by atoms with Crippen LogP contribution in [0.2, 0.25) is 0 Å². The van der Waals surface area contributed by atoms with E-state index in [9.17, 15) is 9.59 Å². The molecular formula is C20H22O5. The van der Waals surface area contributed by atoms with Crippen LogP contribution in [0.4, 0.5) is 0 Å². The highest BCUT2D eigenvalue weighted by atomic mass is 16.5. The fourth-order valence-electron chi connectivity index (χ4n) is 2.11. The van der Waals surface area contributed by atoms with Gasteiger partial charge in [-0.05, 0) is 48.4 Å². The topological polar surface area (TPSA) is 61.8 Å². The fraction of sp³-hybridized carbons (Fsp3) is 0.300. The van der Waals surface area contributed by atoms with E-state index in [2.05, 4.69) is 11.7 Å². The summed E-state index contributed by atoms with van der Waals surface area (Å²) in [5.74, 6) is -0.0645. The molecule has 0 saturated heterocycles. The van der Waals surface area contributed by atoms with Crippen LogP contribution in [0.15, 0.2) is 48.5 Å². The Morgan fingerprint density at radius 2 is 1.48 bits per heavy atom. The zero-order valence-electron chi connectivity index (χ0n) is 14.5. The molecule has 2 aromatic carbocycles. The first kappa shape index (κ1) is 18.5. The maximum Gasteiger partial charge on any atom is 0.338 e. The first-order valence-corrected chi connectivity index (χ1v) is 8.21. The molecule has 25 heavy (non-hydrogen) atoms. The van der Waals surface area contributed by atoms with Crippen LogP contribution in [-0.4, -0.2) is 25.7 Å². The molecule has 2 rings (SSSR count). The second-order valence-electron chi connectivity index (χ2n) is 5.49. The Labute approximate surface area is 147 Å². The predicted octanol–water partition coefficient (Wildman–Crippen LogP) is 4.01. The summed E-state index contributed by atoms with van der Waals surface area (Å²) in [5.41, 5.74) is 1.71. The molecule has 0 unspecified atom stereocenters. The van der Waals surface area contributed by atoms with Crippen LogP contribution in [0.5, 0.6) is 5.75 Å². The lowest BCUT2D eigenvalue weighted by molar-refractivity contribution is 0.0471. The molecule has 0 radical (unpaired) electrons. The van der Waals surface area contributed by atoms with Gasteiger partial charge in [0.15, 0.2) is 0 Å². The molecule has 0 fully saturated rings. The minimum Gasteiger partial charge on any atom is -0.494 e. The number of hydrogen-bond donors (Lipinski definition) is 0. The van der Waals surface area contributed by atoms with Crippen molar-refractivity contribution in [3.63, 3.8) is 0 Å². The molecule has 0 aliphatic heterocycles. The van der Waals surface area contributed by atoms with Crippen molar-refractivity contribution in [1.29, 1.82) is 0 Å². The minimum atomic E-state index is -0.405. The van der Waals surface area contributed by atoms with Gasteiger partial charge in [-0.3, -0.25) is 0 Å². The van der Waals surface area contributed by atoms with Crippen LogP contribution in [-0.2, 0) is 16.1 Å². The molecule has 132 valence electrons. The molecule has 5 nitrogen and oxygen atoms in total. The number of hydrogen-bond acceptors (Lipinski definition) is 5. The van der Waals surface area contributed by atoms with Gasteiger partial charge in [-0.2, -0.15) is 0 Å². The molecule has 0 bridgehead atoms. The second-order valence-corrected chi connectivity index (χ2v) is 5.49. The highest BCUT2D eigenvalue weighted by Gasteiger charge is 2.09. The summed E-state index contributed by atoms with van der Waals surface area (Å²) in [7, 11) is 1.33. The number of carbonyl (C=O) groups excluding carboxylic acids is 2. The van der Waals surface area contributed by atoms with Gasteiger partial charge in [0.2, 0.25) is 0 Å². The summed E-state index contributed by atoms with van der Waals surface area (Å²) in [6.07, 6.45) is 2.07. The minimum absolute atomic E-state index is 0.134. The van der Waals surface area contributed by atoms with Crippen molar-refractivity contribution in [2.24, 2.45) is 0 Å². The zero-order chi connectivity index (χ0) is 18.1. The van der Waals surface area contributed by atoms with E-state index in [0.717, 1.165) is 24.2 Å². The predicted molar refractivity (Wildman–Crippen MR) is 93.7 cm³/mol. The molecular weight excluding hydrogens is 320 g/mol. The third-order valence-corrected chi connectivity index (χ3v) is 3.60. The standard InChI is InChI=1S/C20H22O5/c1-3-4-13-24-18-11-9-17(10-12-18)20(22)25-14-15-5-7-16(8-6-15)19(21)23-2/h5-12H,3-4,13-14H2,1-2H3. The number of methoxy groups -OCH3 is 1. The monoisotopic (exact) mass is 342 g/mol. The van der Waals surface area contributed by atoms with Gasteiger partial charge in [-0.25, -0.2) is 9.59 Å². The molecule has 0 aromatic heterocycles. The van der Waals surface area contributed by atoms with Crippen molar-refractivity contribution < 1.29 is 23.8 Å². The Hall–Kier alpha value is -2.82. The second kappa shape index (κ2) is 9.47. The summed E-state index contributed by atoms with van der Waals surface area (Å²) in [5, 5.41) is 0. The molecule has 0 aliphatic rings. The first-order valence-electron chi connectivity index (χ1n) is 8.21. The van der Waals surface area contributed by atoms with Crippen molar-refractivity contribution >= 4 is 11.9 Å². The molecule has 0 amide bonds. The first-order chi connectivity index (χ1) is 12.1. The smallest absolute Gasteiger partial charge is 0.338 e. The molecule has 2 aromatic rings. The summed E-state index contributed by atoms with van der Waals surface area (Å²) in [6.45, 7) is 2.91. The number of unbranched alkanes of at least 4 members (excludes halogenated alkanes) is 1. The largest absolute Gasteiger partial charge is 0.494 e. The average molecular weight is 342 g/mol. The highest BCUT2D eigenvalue weighted by molar-refractivity contribution is 5.90. The summed E-state index contributed by atoms with van der Waals surface area (Å²) in [6, 6.07) is 13.6. The third kappa shape index (κ3) is 5.64. The van der Waals surface area contributed by atoms with Crippen LogP contribution in [0.1, 0.15) is 46.0 Å². The maximum absolute atomic E-state index is 12.1. The van der Waals surface area contributed by atoms with Crippen molar-refractivity contribution in [2.45, 2.75) is 26.4 Å². The lowest BCUT2D eigenvalue weighted by atomic mass is 10.1. The van der Waals surface area contributed by atoms with Gasteiger partial charge in [-0.1, -0.05) is 25.5 Å². The van der Waals surface area contributed by atoms with Gasteiger partial charge >= 0.3 is 11.9 Å². The lowest BCUT2D eigenvalue weighted by Crippen LogP contribution is -2.06. The lowest BCUT2D eigenvalue weighted by Gasteiger charge is -2.08. The van der Waals surface area contributed by atoms with Crippen molar-refractivity contribution in [1.82, 2.24) is 0 Å². The van der Waals surface area contributed by atoms with Crippen LogP contribution in [0.3, 0.4) is 0 Å². The van der Waals surface area contributed by atoms with E-state index >= 15 is 0 Å². The van der Waals surface area contributed by atoms with Gasteiger partial charge in [0, 0.05) is 0 Å². The van der Waals surface area contributed by atoms with E-state index < -0.39 is 11.9 Å². The van der Waals surface area contributed by atoms with Crippen molar-refractivity contribution in [2.75, 3.05) is 13.7 Å². The highest BCUT2D eigenvalue weighted by Crippen LogP contribution is 2.14. The van der Waals surface area contributed by atoms with Gasteiger partial charge in [0.1, 0.15) is 12.4 Å². The average Bonchev–Trinajstić information content (AvgIpc) is 2.66. The Balaban J connectivity index is 1.86.